The number of nitrogens with zero attached hydrogens (tertiary/aromatic N) is 4. The molecule has 0 unspecified atom stereocenters. The average Bonchev–Trinajstić information content (AvgIpc) is 3.04. The Hall–Kier alpha value is -2.18. The summed E-state index contributed by atoms with van der Waals surface area (Å²) in [5.41, 5.74) is 3.07. The number of thiophene rings is 1. The third kappa shape index (κ3) is 3.47. The first-order valence-electron chi connectivity index (χ1n) is 9.54. The van der Waals surface area contributed by atoms with Crippen LogP contribution >= 0.6 is 22.9 Å². The SMILES string of the molecule is CCc1nc(C)c2c(C)c(C(=O)N3CCN(c4cccc(Cl)c4)CC3)sc2n1. The summed E-state index contributed by atoms with van der Waals surface area (Å²) in [5.74, 6) is 0.934. The van der Waals surface area contributed by atoms with Gasteiger partial charge >= 0.3 is 0 Å². The second-order valence-corrected chi connectivity index (χ2v) is 8.51. The third-order valence-corrected chi connectivity index (χ3v) is 6.68. The summed E-state index contributed by atoms with van der Waals surface area (Å²) in [4.78, 5) is 28.3. The first-order chi connectivity index (χ1) is 13.5. The zero-order valence-corrected chi connectivity index (χ0v) is 17.9. The molecule has 4 rings (SSSR count). The van der Waals surface area contributed by atoms with E-state index in [0.717, 1.165) is 62.4 Å². The van der Waals surface area contributed by atoms with Crippen molar-refractivity contribution in [1.29, 1.82) is 0 Å². The van der Waals surface area contributed by atoms with E-state index in [-0.39, 0.29) is 5.91 Å². The molecule has 0 N–H and O–H groups in total. The number of anilines is 1. The van der Waals surface area contributed by atoms with E-state index in [0.29, 0.717) is 13.1 Å². The van der Waals surface area contributed by atoms with Gasteiger partial charge in [0.15, 0.2) is 0 Å². The Labute approximate surface area is 174 Å². The lowest BCUT2D eigenvalue weighted by Crippen LogP contribution is -2.48. The molecule has 1 saturated heterocycles. The number of aromatic nitrogens is 2. The van der Waals surface area contributed by atoms with Crippen molar-refractivity contribution < 1.29 is 4.79 Å². The Balaban J connectivity index is 1.54. The molecule has 7 heteroatoms. The Morgan fingerprint density at radius 1 is 1.18 bits per heavy atom. The van der Waals surface area contributed by atoms with Crippen LogP contribution in [0, 0.1) is 13.8 Å². The monoisotopic (exact) mass is 414 g/mol. The molecule has 5 nitrogen and oxygen atoms in total. The van der Waals surface area contributed by atoms with E-state index in [4.69, 9.17) is 11.6 Å². The average molecular weight is 415 g/mol. The number of fused-ring (bicyclic) bond motifs is 1. The Morgan fingerprint density at radius 2 is 1.93 bits per heavy atom. The summed E-state index contributed by atoms with van der Waals surface area (Å²) in [5, 5.41) is 1.77. The fraction of sp³-hybridized carbons (Fsp3) is 0.381. The molecule has 28 heavy (non-hydrogen) atoms. The molecule has 0 aliphatic carbocycles. The normalized spacial score (nSPS) is 14.7. The minimum absolute atomic E-state index is 0.101. The summed E-state index contributed by atoms with van der Waals surface area (Å²) in [6, 6.07) is 7.88. The van der Waals surface area contributed by atoms with Crippen LogP contribution in [-0.4, -0.2) is 47.0 Å². The number of piperazine rings is 1. The molecular weight excluding hydrogens is 392 g/mol. The largest absolute Gasteiger partial charge is 0.368 e. The van der Waals surface area contributed by atoms with Crippen LogP contribution in [0.15, 0.2) is 24.3 Å². The molecule has 0 radical (unpaired) electrons. The smallest absolute Gasteiger partial charge is 0.264 e. The Bertz CT molecular complexity index is 1040. The predicted octanol–water partition coefficient (Wildman–Crippen LogP) is 4.49. The van der Waals surface area contributed by atoms with Gasteiger partial charge < -0.3 is 9.80 Å². The van der Waals surface area contributed by atoms with Gasteiger partial charge in [-0.05, 0) is 37.6 Å². The van der Waals surface area contributed by atoms with Crippen molar-refractivity contribution in [3.63, 3.8) is 0 Å². The number of hydrogen-bond donors (Lipinski definition) is 0. The molecule has 0 bridgehead atoms. The van der Waals surface area contributed by atoms with Crippen LogP contribution in [0.25, 0.3) is 10.2 Å². The second-order valence-electron chi connectivity index (χ2n) is 7.07. The molecule has 2 aromatic heterocycles. The van der Waals surface area contributed by atoms with Crippen molar-refractivity contribution >= 4 is 44.7 Å². The number of carbonyl (C=O) groups excluding carboxylic acids is 1. The summed E-state index contributed by atoms with van der Waals surface area (Å²) in [7, 11) is 0. The van der Waals surface area contributed by atoms with E-state index in [2.05, 4.69) is 20.9 Å². The predicted molar refractivity (Wildman–Crippen MR) is 116 cm³/mol. The minimum Gasteiger partial charge on any atom is -0.368 e. The van der Waals surface area contributed by atoms with Gasteiger partial charge in [-0.2, -0.15) is 0 Å². The molecule has 3 aromatic rings. The van der Waals surface area contributed by atoms with Gasteiger partial charge in [-0.25, -0.2) is 9.97 Å². The van der Waals surface area contributed by atoms with Crippen molar-refractivity contribution in [2.24, 2.45) is 0 Å². The molecule has 0 saturated carbocycles. The Morgan fingerprint density at radius 3 is 2.61 bits per heavy atom. The Kier molecular flexibility index (Phi) is 5.25. The molecular formula is C21H23ClN4OS. The first kappa shape index (κ1) is 19.2. The molecule has 1 aliphatic heterocycles. The second kappa shape index (κ2) is 7.68. The van der Waals surface area contributed by atoms with Crippen LogP contribution in [-0.2, 0) is 6.42 Å². The molecule has 146 valence electrons. The highest BCUT2D eigenvalue weighted by Crippen LogP contribution is 2.32. The van der Waals surface area contributed by atoms with Gasteiger partial charge in [0, 0.05) is 54.4 Å². The number of halogens is 1. The fourth-order valence-electron chi connectivity index (χ4n) is 3.74. The van der Waals surface area contributed by atoms with E-state index >= 15 is 0 Å². The summed E-state index contributed by atoms with van der Waals surface area (Å²) in [6.45, 7) is 9.06. The van der Waals surface area contributed by atoms with Gasteiger partial charge in [0.1, 0.15) is 10.7 Å². The fourth-order valence-corrected chi connectivity index (χ4v) is 5.14. The van der Waals surface area contributed by atoms with Crippen LogP contribution < -0.4 is 4.90 Å². The summed E-state index contributed by atoms with van der Waals surface area (Å²) < 4.78 is 0. The maximum Gasteiger partial charge on any atom is 0.264 e. The molecule has 1 fully saturated rings. The van der Waals surface area contributed by atoms with Gasteiger partial charge in [0.25, 0.3) is 5.91 Å². The zero-order valence-electron chi connectivity index (χ0n) is 16.3. The van der Waals surface area contributed by atoms with E-state index in [1.54, 1.807) is 0 Å². The van der Waals surface area contributed by atoms with Crippen molar-refractivity contribution in [3.8, 4) is 0 Å². The number of rotatable bonds is 3. The maximum absolute atomic E-state index is 13.2. The quantitative estimate of drug-likeness (QED) is 0.633. The maximum atomic E-state index is 13.2. The van der Waals surface area contributed by atoms with Crippen LogP contribution in [0.5, 0.6) is 0 Å². The highest BCUT2D eigenvalue weighted by Gasteiger charge is 2.26. The van der Waals surface area contributed by atoms with Crippen molar-refractivity contribution in [2.75, 3.05) is 31.1 Å². The van der Waals surface area contributed by atoms with Gasteiger partial charge in [-0.1, -0.05) is 24.6 Å². The first-order valence-corrected chi connectivity index (χ1v) is 10.7. The van der Waals surface area contributed by atoms with E-state index in [1.165, 1.54) is 11.3 Å². The molecule has 0 spiro atoms. The number of aryl methyl sites for hydroxylation is 3. The topological polar surface area (TPSA) is 49.3 Å². The lowest BCUT2D eigenvalue weighted by Gasteiger charge is -2.36. The third-order valence-electron chi connectivity index (χ3n) is 5.27. The molecule has 3 heterocycles. The summed E-state index contributed by atoms with van der Waals surface area (Å²) >= 11 is 7.61. The van der Waals surface area contributed by atoms with E-state index < -0.39 is 0 Å². The van der Waals surface area contributed by atoms with Gasteiger partial charge in [-0.3, -0.25) is 4.79 Å². The minimum atomic E-state index is 0.101. The van der Waals surface area contributed by atoms with Gasteiger partial charge in [-0.15, -0.1) is 11.3 Å². The number of amides is 1. The lowest BCUT2D eigenvalue weighted by molar-refractivity contribution is 0.0751. The van der Waals surface area contributed by atoms with E-state index in [1.807, 2.05) is 43.9 Å². The number of carbonyl (C=O) groups is 1. The van der Waals surface area contributed by atoms with E-state index in [9.17, 15) is 4.79 Å². The lowest BCUT2D eigenvalue weighted by atomic mass is 10.1. The molecule has 0 atom stereocenters. The number of benzene rings is 1. The van der Waals surface area contributed by atoms with Crippen LogP contribution in [0.2, 0.25) is 5.02 Å². The highest BCUT2D eigenvalue weighted by atomic mass is 35.5. The van der Waals surface area contributed by atoms with Crippen molar-refractivity contribution in [3.05, 3.63) is 51.2 Å². The van der Waals surface area contributed by atoms with Gasteiger partial charge in [0.2, 0.25) is 0 Å². The zero-order chi connectivity index (χ0) is 19.8. The molecule has 1 aliphatic rings. The molecule has 1 aromatic carbocycles. The van der Waals surface area contributed by atoms with Crippen LogP contribution in [0.3, 0.4) is 0 Å². The summed E-state index contributed by atoms with van der Waals surface area (Å²) in [6.07, 6.45) is 0.794. The van der Waals surface area contributed by atoms with Crippen molar-refractivity contribution in [1.82, 2.24) is 14.9 Å². The highest BCUT2D eigenvalue weighted by molar-refractivity contribution is 7.20. The molecule has 1 amide bonds. The van der Waals surface area contributed by atoms with Crippen LogP contribution in [0.1, 0.15) is 33.7 Å². The number of hydrogen-bond acceptors (Lipinski definition) is 5. The van der Waals surface area contributed by atoms with Gasteiger partial charge in [0.05, 0.1) is 4.88 Å². The van der Waals surface area contributed by atoms with Crippen molar-refractivity contribution in [2.45, 2.75) is 27.2 Å². The van der Waals surface area contributed by atoms with Crippen LogP contribution in [0.4, 0.5) is 5.69 Å². The standard InChI is InChI=1S/C21H23ClN4OS/c1-4-17-23-14(3)18-13(2)19(28-20(18)24-17)21(27)26-10-8-25(9-11-26)16-7-5-6-15(22)12-16/h5-7,12H,4,8-11H2,1-3H3.